The van der Waals surface area contributed by atoms with Crippen LogP contribution in [0.4, 0.5) is 10.5 Å². The molecule has 1 aliphatic heterocycles. The molecule has 42 heavy (non-hydrogen) atoms. The van der Waals surface area contributed by atoms with Crippen molar-refractivity contribution in [2.75, 3.05) is 12.8 Å². The number of carbonyl (C=O) groups excluding carboxylic acids is 1. The van der Waals surface area contributed by atoms with E-state index in [9.17, 15) is 34.7 Å². The van der Waals surface area contributed by atoms with E-state index in [4.69, 9.17) is 18.7 Å². The van der Waals surface area contributed by atoms with Gasteiger partial charge in [-0.05, 0) is 0 Å². The molecule has 1 saturated heterocycles. The molecular weight excluding hydrogens is 573 g/mol. The zero-order valence-corrected chi connectivity index (χ0v) is 25.0. The van der Waals surface area contributed by atoms with Crippen LogP contribution in [0.2, 0.25) is 0 Å². The summed E-state index contributed by atoms with van der Waals surface area (Å²) >= 11 is 0. The number of nitro benzene ring substituents is 1. The third kappa shape index (κ3) is 7.99. The monoisotopic (exact) mass is 609 g/mol. The van der Waals surface area contributed by atoms with E-state index < -0.39 is 48.6 Å². The van der Waals surface area contributed by atoms with E-state index in [1.165, 1.54) is 42.0 Å². The number of nitriles is 1. The van der Waals surface area contributed by atoms with Gasteiger partial charge in [0, 0.05) is 0 Å². The molecule has 0 spiro atoms. The molecule has 1 aromatic heterocycles. The van der Waals surface area contributed by atoms with Gasteiger partial charge in [-0.3, -0.25) is 10.1 Å². The summed E-state index contributed by atoms with van der Waals surface area (Å²) in [6.07, 6.45) is -2.61. The molecule has 3 atom stereocenters. The van der Waals surface area contributed by atoms with Crippen molar-refractivity contribution >= 4 is 19.7 Å². The Hall–Kier alpha value is -3.67. The van der Waals surface area contributed by atoms with Crippen LogP contribution in [-0.4, -0.2) is 67.3 Å². The number of nitrogens with one attached hydrogen (secondary N) is 1. The van der Waals surface area contributed by atoms with E-state index in [2.05, 4.69) is 4.98 Å². The van der Waals surface area contributed by atoms with E-state index in [0.29, 0.717) is 0 Å². The van der Waals surface area contributed by atoms with E-state index in [1.54, 1.807) is 0 Å². The number of benzene rings is 1. The van der Waals surface area contributed by atoms with Gasteiger partial charge in [0.05, 0.1) is 0 Å². The summed E-state index contributed by atoms with van der Waals surface area (Å²) in [6, 6.07) is 6.64. The second kappa shape index (κ2) is 14.0. The van der Waals surface area contributed by atoms with E-state index in [0.717, 1.165) is 0 Å². The summed E-state index contributed by atoms with van der Waals surface area (Å²) in [5.41, 5.74) is -1.21. The first kappa shape index (κ1) is 32.8. The Bertz CT molecular complexity index is 1410. The van der Waals surface area contributed by atoms with Crippen LogP contribution in [0.15, 0.2) is 40.1 Å². The Balaban J connectivity index is 1.85. The Morgan fingerprint density at radius 3 is 2.50 bits per heavy atom. The molecule has 2 aromatic rings. The first-order valence-electron chi connectivity index (χ1n) is 13.4. The standard InChI is InChI=1S/C26H36N5O10P/c1-16(2)30(17(3)4)42(37,12-6-11-27)38-15-22-21(13-23(40-22)29-14-18(5)24(32)28-25(29)33)41-26(34)39-20-9-7-19(8-10-20)31(35)36/h7-10,14,16-17,21-23,37,42H,6,12-13,15H2,1-5H3,(H,28,32,33)/t21-,22+,23+/m0/s1. The van der Waals surface area contributed by atoms with E-state index >= 15 is 0 Å². The second-order valence-electron chi connectivity index (χ2n) is 10.4. The summed E-state index contributed by atoms with van der Waals surface area (Å²) in [4.78, 5) is 61.3. The number of non-ortho nitro benzene ring substituents is 1. The number of hydrogen-bond acceptors (Lipinski definition) is 12. The van der Waals surface area contributed by atoms with Gasteiger partial charge in [-0.2, -0.15) is 0 Å². The summed E-state index contributed by atoms with van der Waals surface area (Å²) in [5.74, 6) is 0.00383. The van der Waals surface area contributed by atoms with Crippen molar-refractivity contribution in [3.8, 4) is 11.8 Å². The van der Waals surface area contributed by atoms with Gasteiger partial charge in [0.25, 0.3) is 0 Å². The molecule has 2 heterocycles. The van der Waals surface area contributed by atoms with Gasteiger partial charge < -0.3 is 0 Å². The first-order valence-corrected chi connectivity index (χ1v) is 15.4. The SMILES string of the molecule is Cc1cn([C@H]2C[C@H](OC(=O)Oc3ccc([N+](=O)[O-])cc3)[C@@H](CO[PH](O)(CCC#N)N(C(C)C)C(C)C)O2)c(=O)[nH]c1=O. The zero-order chi connectivity index (χ0) is 31.2. The van der Waals surface area contributed by atoms with E-state index in [1.807, 2.05) is 38.4 Å². The predicted octanol–water partition coefficient (Wildman–Crippen LogP) is 3.16. The Morgan fingerprint density at radius 1 is 1.29 bits per heavy atom. The predicted molar refractivity (Wildman–Crippen MR) is 152 cm³/mol. The molecule has 3 rings (SSSR count). The van der Waals surface area contributed by atoms with Crippen molar-refractivity contribution in [3.63, 3.8) is 0 Å². The van der Waals surface area contributed by atoms with Gasteiger partial charge in [-0.1, -0.05) is 0 Å². The molecule has 15 nitrogen and oxygen atoms in total. The molecule has 0 radical (unpaired) electrons. The van der Waals surface area contributed by atoms with Gasteiger partial charge in [-0.15, -0.1) is 0 Å². The fourth-order valence-corrected chi connectivity index (χ4v) is 7.97. The second-order valence-corrected chi connectivity index (χ2v) is 13.2. The van der Waals surface area contributed by atoms with Crippen LogP contribution in [0.3, 0.4) is 0 Å². The van der Waals surface area contributed by atoms with Gasteiger partial charge in [-0.25, -0.2) is 0 Å². The van der Waals surface area contributed by atoms with E-state index in [-0.39, 0.29) is 54.7 Å². The molecule has 16 heteroatoms. The molecule has 0 saturated carbocycles. The summed E-state index contributed by atoms with van der Waals surface area (Å²) < 4.78 is 25.9. The molecule has 230 valence electrons. The van der Waals surface area contributed by atoms with Gasteiger partial charge in [0.2, 0.25) is 0 Å². The molecule has 0 unspecified atom stereocenters. The number of aryl methyl sites for hydroxylation is 1. The van der Waals surface area contributed by atoms with Crippen molar-refractivity contribution in [2.24, 2.45) is 0 Å². The van der Waals surface area contributed by atoms with Crippen LogP contribution >= 0.6 is 7.87 Å². The summed E-state index contributed by atoms with van der Waals surface area (Å²) in [6.45, 7) is 8.89. The topological polar surface area (TPSA) is 199 Å². The van der Waals surface area contributed by atoms with Crippen molar-refractivity contribution in [3.05, 3.63) is 67.0 Å². The van der Waals surface area contributed by atoms with Crippen molar-refractivity contribution in [2.45, 2.75) is 78.0 Å². The quantitative estimate of drug-likeness (QED) is 0.117. The molecule has 0 bridgehead atoms. The number of aromatic amines is 1. The Morgan fingerprint density at radius 2 is 1.93 bits per heavy atom. The first-order chi connectivity index (χ1) is 19.7. The molecule has 0 amide bonds. The molecular formula is C26H36N5O10P. The number of H-pyrrole nitrogens is 1. The average molecular weight is 610 g/mol. The average Bonchev–Trinajstić information content (AvgIpc) is 3.30. The number of aromatic nitrogens is 2. The number of ether oxygens (including phenoxy) is 3. The van der Waals surface area contributed by atoms with Gasteiger partial charge in [0.15, 0.2) is 0 Å². The summed E-state index contributed by atoms with van der Waals surface area (Å²) in [7, 11) is -3.68. The summed E-state index contributed by atoms with van der Waals surface area (Å²) in [5, 5.41) is 20.1. The number of nitrogens with zero attached hydrogens (tertiary/aromatic N) is 4. The van der Waals surface area contributed by atoms with Crippen LogP contribution < -0.4 is 16.0 Å². The number of nitro groups is 1. The number of carbonyl (C=O) groups is 1. The van der Waals surface area contributed by atoms with Crippen LogP contribution in [0.25, 0.3) is 0 Å². The fourth-order valence-electron chi connectivity index (χ4n) is 4.94. The van der Waals surface area contributed by atoms with Crippen molar-refractivity contribution in [1.29, 1.82) is 5.26 Å². The van der Waals surface area contributed by atoms with Crippen LogP contribution in [0.1, 0.15) is 52.3 Å². The number of rotatable bonds is 12. The van der Waals surface area contributed by atoms with Crippen molar-refractivity contribution < 1.29 is 33.3 Å². The molecule has 1 fully saturated rings. The third-order valence-corrected chi connectivity index (χ3v) is 10.1. The van der Waals surface area contributed by atoms with Crippen molar-refractivity contribution in [1.82, 2.24) is 14.2 Å². The molecule has 2 N–H and O–H groups in total. The van der Waals surface area contributed by atoms with Crippen LogP contribution in [0, 0.1) is 28.4 Å². The normalized spacial score (nSPS) is 19.2. The van der Waals surface area contributed by atoms with Crippen LogP contribution in [0.5, 0.6) is 5.75 Å². The minimum absolute atomic E-state index is 0.00383. The molecule has 1 aromatic carbocycles. The zero-order valence-electron chi connectivity index (χ0n) is 24.0. The van der Waals surface area contributed by atoms with Gasteiger partial charge in [0.1, 0.15) is 0 Å². The maximum absolute atomic E-state index is 12.7. The van der Waals surface area contributed by atoms with Gasteiger partial charge >= 0.3 is 232 Å². The molecule has 1 aliphatic rings. The maximum atomic E-state index is 12.7. The van der Waals surface area contributed by atoms with Crippen LogP contribution in [-0.2, 0) is 14.0 Å². The Kier molecular flexibility index (Phi) is 10.9. The third-order valence-electron chi connectivity index (χ3n) is 6.69. The number of hydrogen-bond donors (Lipinski definition) is 2. The molecule has 0 aliphatic carbocycles. The Labute approximate surface area is 242 Å². The minimum atomic E-state index is -3.68. The fraction of sp³-hybridized carbons (Fsp3) is 0.538.